The Morgan fingerprint density at radius 3 is 2.31 bits per heavy atom. The van der Waals surface area contributed by atoms with E-state index in [4.69, 9.17) is 10.5 Å². The highest BCUT2D eigenvalue weighted by Crippen LogP contribution is 2.21. The average Bonchev–Trinajstić information content (AvgIpc) is 2.59. The van der Waals surface area contributed by atoms with Crippen LogP contribution < -0.4 is 15.8 Å². The van der Waals surface area contributed by atoms with Crippen molar-refractivity contribution in [3.05, 3.63) is 54.1 Å². The standard InChI is InChI=1S/C19H23N3O2.2ClH/c1-22-12-10-16(11-13-22)24-15-8-6-14(7-9-15)19(23)21-18-5-3-2-4-17(18)20;;/h2-9,16H,10-13,20H2,1H3,(H,21,23);2*1H. The number of carbonyl (C=O) groups is 1. The molecule has 1 aliphatic heterocycles. The maximum Gasteiger partial charge on any atom is 0.255 e. The Morgan fingerprint density at radius 2 is 1.69 bits per heavy atom. The molecule has 0 atom stereocenters. The summed E-state index contributed by atoms with van der Waals surface area (Å²) in [5, 5.41) is 2.82. The Kier molecular flexibility index (Phi) is 8.72. The Bertz CT molecular complexity index is 702. The number of likely N-dealkylation sites (tertiary alicyclic amines) is 1. The first kappa shape index (κ1) is 22.1. The third-order valence-corrected chi connectivity index (χ3v) is 4.29. The Morgan fingerprint density at radius 1 is 1.08 bits per heavy atom. The van der Waals surface area contributed by atoms with Crippen molar-refractivity contribution in [2.75, 3.05) is 31.2 Å². The van der Waals surface area contributed by atoms with Gasteiger partial charge in [-0.15, -0.1) is 24.8 Å². The van der Waals surface area contributed by atoms with Crippen LogP contribution in [0.2, 0.25) is 0 Å². The average molecular weight is 398 g/mol. The van der Waals surface area contributed by atoms with Gasteiger partial charge in [0, 0.05) is 18.7 Å². The van der Waals surface area contributed by atoms with Gasteiger partial charge in [0.15, 0.2) is 0 Å². The number of rotatable bonds is 4. The first-order valence-corrected chi connectivity index (χ1v) is 8.23. The smallest absolute Gasteiger partial charge is 0.255 e. The second-order valence-corrected chi connectivity index (χ2v) is 6.19. The number of hydrogen-bond donors (Lipinski definition) is 2. The van der Waals surface area contributed by atoms with Crippen LogP contribution in [0.5, 0.6) is 5.75 Å². The van der Waals surface area contributed by atoms with E-state index in [-0.39, 0.29) is 36.8 Å². The summed E-state index contributed by atoms with van der Waals surface area (Å²) in [4.78, 5) is 14.6. The zero-order valence-corrected chi connectivity index (χ0v) is 16.3. The molecule has 2 aromatic carbocycles. The number of nitrogens with zero attached hydrogens (tertiary/aromatic N) is 1. The van der Waals surface area contributed by atoms with Crippen molar-refractivity contribution in [2.24, 2.45) is 0 Å². The molecule has 0 spiro atoms. The van der Waals surface area contributed by atoms with E-state index < -0.39 is 0 Å². The molecule has 0 saturated carbocycles. The molecule has 1 saturated heterocycles. The molecule has 142 valence electrons. The predicted octanol–water partition coefficient (Wildman–Crippen LogP) is 3.84. The van der Waals surface area contributed by atoms with Crippen molar-refractivity contribution in [1.82, 2.24) is 4.90 Å². The van der Waals surface area contributed by atoms with E-state index in [0.29, 0.717) is 16.9 Å². The molecular formula is C19H25Cl2N3O2. The lowest BCUT2D eigenvalue weighted by Gasteiger charge is -2.29. The molecule has 26 heavy (non-hydrogen) atoms. The van der Waals surface area contributed by atoms with Crippen molar-refractivity contribution >= 4 is 42.1 Å². The first-order chi connectivity index (χ1) is 11.6. The topological polar surface area (TPSA) is 67.6 Å². The summed E-state index contributed by atoms with van der Waals surface area (Å²) >= 11 is 0. The van der Waals surface area contributed by atoms with Crippen LogP contribution >= 0.6 is 24.8 Å². The van der Waals surface area contributed by atoms with Gasteiger partial charge in [0.2, 0.25) is 0 Å². The fraction of sp³-hybridized carbons (Fsp3) is 0.316. The maximum absolute atomic E-state index is 12.3. The van der Waals surface area contributed by atoms with Crippen molar-refractivity contribution in [3.63, 3.8) is 0 Å². The molecule has 0 aliphatic carbocycles. The quantitative estimate of drug-likeness (QED) is 0.768. The number of piperidine rings is 1. The largest absolute Gasteiger partial charge is 0.490 e. The maximum atomic E-state index is 12.3. The molecule has 7 heteroatoms. The molecule has 1 heterocycles. The molecular weight excluding hydrogens is 373 g/mol. The number of para-hydroxylation sites is 2. The van der Waals surface area contributed by atoms with Crippen molar-refractivity contribution < 1.29 is 9.53 Å². The van der Waals surface area contributed by atoms with Gasteiger partial charge in [-0.1, -0.05) is 12.1 Å². The number of halogens is 2. The van der Waals surface area contributed by atoms with Gasteiger partial charge in [0.25, 0.3) is 5.91 Å². The van der Waals surface area contributed by atoms with Crippen LogP contribution in [0, 0.1) is 0 Å². The Labute approximate surface area is 166 Å². The number of ether oxygens (including phenoxy) is 1. The highest BCUT2D eigenvalue weighted by atomic mass is 35.5. The van der Waals surface area contributed by atoms with Crippen LogP contribution in [0.4, 0.5) is 11.4 Å². The van der Waals surface area contributed by atoms with Crippen molar-refractivity contribution in [1.29, 1.82) is 0 Å². The molecule has 1 amide bonds. The summed E-state index contributed by atoms with van der Waals surface area (Å²) in [6, 6.07) is 14.5. The van der Waals surface area contributed by atoms with Gasteiger partial charge in [0.05, 0.1) is 11.4 Å². The predicted molar refractivity (Wildman–Crippen MR) is 111 cm³/mol. The van der Waals surface area contributed by atoms with Crippen LogP contribution in [0.1, 0.15) is 23.2 Å². The molecule has 0 bridgehead atoms. The van der Waals surface area contributed by atoms with Gasteiger partial charge < -0.3 is 20.7 Å². The lowest BCUT2D eigenvalue weighted by Crippen LogP contribution is -2.35. The molecule has 0 radical (unpaired) electrons. The van der Waals surface area contributed by atoms with Gasteiger partial charge in [-0.3, -0.25) is 4.79 Å². The fourth-order valence-corrected chi connectivity index (χ4v) is 2.79. The van der Waals surface area contributed by atoms with Crippen molar-refractivity contribution in [3.8, 4) is 5.75 Å². The van der Waals surface area contributed by atoms with Gasteiger partial charge in [-0.05, 0) is 56.3 Å². The molecule has 2 aromatic rings. The lowest BCUT2D eigenvalue weighted by molar-refractivity contribution is 0.102. The van der Waals surface area contributed by atoms with Crippen LogP contribution in [-0.4, -0.2) is 37.0 Å². The number of hydrogen-bond acceptors (Lipinski definition) is 4. The van der Waals surface area contributed by atoms with E-state index >= 15 is 0 Å². The highest BCUT2D eigenvalue weighted by molar-refractivity contribution is 6.05. The zero-order valence-electron chi connectivity index (χ0n) is 14.7. The number of nitrogens with two attached hydrogens (primary N) is 1. The van der Waals surface area contributed by atoms with Gasteiger partial charge in [-0.25, -0.2) is 0 Å². The Balaban J connectivity index is 0.00000169. The van der Waals surface area contributed by atoms with Gasteiger partial charge in [0.1, 0.15) is 11.9 Å². The molecule has 3 rings (SSSR count). The summed E-state index contributed by atoms with van der Waals surface area (Å²) in [7, 11) is 2.13. The normalized spacial score (nSPS) is 14.7. The Hall–Kier alpha value is -1.95. The van der Waals surface area contributed by atoms with E-state index in [1.807, 2.05) is 24.3 Å². The SMILES string of the molecule is CN1CCC(Oc2ccc(C(=O)Nc3ccccc3N)cc2)CC1.Cl.Cl. The number of amides is 1. The molecule has 0 unspecified atom stereocenters. The van der Waals surface area contributed by atoms with Crippen LogP contribution in [0.3, 0.4) is 0 Å². The van der Waals surface area contributed by atoms with E-state index in [1.54, 1.807) is 24.3 Å². The summed E-state index contributed by atoms with van der Waals surface area (Å²) in [6.07, 6.45) is 2.32. The molecule has 0 aromatic heterocycles. The van der Waals surface area contributed by atoms with Gasteiger partial charge >= 0.3 is 0 Å². The molecule has 5 nitrogen and oxygen atoms in total. The summed E-state index contributed by atoms with van der Waals surface area (Å²) < 4.78 is 6.00. The van der Waals surface area contributed by atoms with E-state index in [0.717, 1.165) is 31.7 Å². The molecule has 3 N–H and O–H groups in total. The number of anilines is 2. The minimum Gasteiger partial charge on any atom is -0.490 e. The fourth-order valence-electron chi connectivity index (χ4n) is 2.79. The highest BCUT2D eigenvalue weighted by Gasteiger charge is 2.18. The van der Waals surface area contributed by atoms with E-state index in [2.05, 4.69) is 17.3 Å². The second kappa shape index (κ2) is 10.3. The van der Waals surface area contributed by atoms with E-state index in [9.17, 15) is 4.79 Å². The summed E-state index contributed by atoms with van der Waals surface area (Å²) in [6.45, 7) is 2.12. The zero-order chi connectivity index (χ0) is 16.9. The first-order valence-electron chi connectivity index (χ1n) is 8.23. The second-order valence-electron chi connectivity index (χ2n) is 6.19. The molecule has 1 fully saturated rings. The van der Waals surface area contributed by atoms with Gasteiger partial charge in [-0.2, -0.15) is 0 Å². The third kappa shape index (κ3) is 5.80. The monoisotopic (exact) mass is 397 g/mol. The third-order valence-electron chi connectivity index (χ3n) is 4.29. The number of nitrogen functional groups attached to an aromatic ring is 1. The minimum atomic E-state index is -0.182. The van der Waals surface area contributed by atoms with Crippen LogP contribution in [0.15, 0.2) is 48.5 Å². The van der Waals surface area contributed by atoms with Crippen LogP contribution in [0.25, 0.3) is 0 Å². The lowest BCUT2D eigenvalue weighted by atomic mass is 10.1. The minimum absolute atomic E-state index is 0. The molecule has 1 aliphatic rings. The van der Waals surface area contributed by atoms with E-state index in [1.165, 1.54) is 0 Å². The summed E-state index contributed by atoms with van der Waals surface area (Å²) in [5.41, 5.74) is 7.59. The van der Waals surface area contributed by atoms with Crippen LogP contribution in [-0.2, 0) is 0 Å². The number of nitrogens with one attached hydrogen (secondary N) is 1. The summed E-state index contributed by atoms with van der Waals surface area (Å²) in [5.74, 6) is 0.624. The number of carbonyl (C=O) groups excluding carboxylic acids is 1. The number of benzene rings is 2. The van der Waals surface area contributed by atoms with Crippen molar-refractivity contribution in [2.45, 2.75) is 18.9 Å².